The Labute approximate surface area is 194 Å². The molecular weight excluding hydrogens is 447 g/mol. The summed E-state index contributed by atoms with van der Waals surface area (Å²) in [6.45, 7) is 2.62. The summed E-state index contributed by atoms with van der Waals surface area (Å²) in [6, 6.07) is 14.4. The maximum atomic E-state index is 12.8. The first-order valence-corrected chi connectivity index (χ1v) is 10.8. The first-order valence-electron chi connectivity index (χ1n) is 10.8. The Hall–Kier alpha value is -3.75. The van der Waals surface area contributed by atoms with Crippen LogP contribution in [0.4, 0.5) is 13.2 Å². The molecule has 34 heavy (non-hydrogen) atoms. The monoisotopic (exact) mass is 471 g/mol. The third-order valence-corrected chi connectivity index (χ3v) is 5.46. The van der Waals surface area contributed by atoms with Crippen LogP contribution in [0.5, 0.6) is 5.75 Å². The molecule has 4 rings (SSSR count). The molecule has 0 radical (unpaired) electrons. The molecule has 0 aliphatic carbocycles. The number of benzene rings is 2. The predicted octanol–water partition coefficient (Wildman–Crippen LogP) is 5.25. The van der Waals surface area contributed by atoms with Gasteiger partial charge in [0, 0.05) is 37.0 Å². The number of carbonyl (C=O) groups excluding carboxylic acids is 1. The molecule has 0 aliphatic rings. The fourth-order valence-electron chi connectivity index (χ4n) is 3.72. The van der Waals surface area contributed by atoms with E-state index in [-0.39, 0.29) is 12.5 Å². The molecule has 2 aromatic carbocycles. The van der Waals surface area contributed by atoms with Crippen LogP contribution in [0.2, 0.25) is 0 Å². The Morgan fingerprint density at radius 3 is 2.53 bits per heavy atom. The van der Waals surface area contributed by atoms with E-state index >= 15 is 0 Å². The number of halogens is 3. The van der Waals surface area contributed by atoms with Gasteiger partial charge in [-0.25, -0.2) is 0 Å². The van der Waals surface area contributed by atoms with E-state index in [1.807, 2.05) is 41.1 Å². The quantitative estimate of drug-likeness (QED) is 0.330. The molecule has 0 aliphatic heterocycles. The number of aryl methyl sites for hydroxylation is 1. The molecule has 178 valence electrons. The lowest BCUT2D eigenvalue weighted by Crippen LogP contribution is -2.12. The lowest BCUT2D eigenvalue weighted by molar-refractivity contribution is -0.143. The van der Waals surface area contributed by atoms with Crippen LogP contribution in [-0.4, -0.2) is 33.5 Å². The molecule has 0 saturated heterocycles. The Morgan fingerprint density at radius 2 is 1.82 bits per heavy atom. The van der Waals surface area contributed by atoms with E-state index in [9.17, 15) is 18.0 Å². The first-order chi connectivity index (χ1) is 16.2. The Morgan fingerprint density at radius 1 is 1.06 bits per heavy atom. The number of hydrogen-bond acceptors (Lipinski definition) is 4. The lowest BCUT2D eigenvalue weighted by Gasteiger charge is -2.09. The second-order valence-electron chi connectivity index (χ2n) is 7.79. The zero-order valence-corrected chi connectivity index (χ0v) is 18.8. The number of ether oxygens (including phenoxy) is 2. The van der Waals surface area contributed by atoms with Gasteiger partial charge in [0.25, 0.3) is 0 Å². The van der Waals surface area contributed by atoms with Crippen molar-refractivity contribution in [3.8, 4) is 17.0 Å². The van der Waals surface area contributed by atoms with Crippen molar-refractivity contribution in [3.63, 3.8) is 0 Å². The largest absolute Gasteiger partial charge is 0.493 e. The number of aromatic nitrogens is 3. The summed E-state index contributed by atoms with van der Waals surface area (Å²) in [4.78, 5) is 11.8. The van der Waals surface area contributed by atoms with Crippen LogP contribution in [0.15, 0.2) is 60.8 Å². The van der Waals surface area contributed by atoms with Crippen LogP contribution >= 0.6 is 0 Å². The molecule has 0 atom stereocenters. The summed E-state index contributed by atoms with van der Waals surface area (Å²) in [5.41, 5.74) is 2.29. The normalized spacial score (nSPS) is 11.7. The van der Waals surface area contributed by atoms with E-state index in [1.54, 1.807) is 18.7 Å². The van der Waals surface area contributed by atoms with Gasteiger partial charge in [0.2, 0.25) is 0 Å². The van der Waals surface area contributed by atoms with Gasteiger partial charge in [0.05, 0.1) is 30.0 Å². The van der Waals surface area contributed by atoms with Crippen molar-refractivity contribution in [1.29, 1.82) is 0 Å². The van der Waals surface area contributed by atoms with Gasteiger partial charge in [0.15, 0.2) is 0 Å². The van der Waals surface area contributed by atoms with Gasteiger partial charge >= 0.3 is 12.1 Å². The summed E-state index contributed by atoms with van der Waals surface area (Å²) in [5, 5.41) is 5.41. The van der Waals surface area contributed by atoms with Crippen LogP contribution in [0.25, 0.3) is 22.2 Å². The van der Waals surface area contributed by atoms with Gasteiger partial charge in [-0.2, -0.15) is 18.3 Å². The number of rotatable bonds is 8. The highest BCUT2D eigenvalue weighted by Gasteiger charge is 2.30. The van der Waals surface area contributed by atoms with Gasteiger partial charge in [0.1, 0.15) is 12.3 Å². The summed E-state index contributed by atoms with van der Waals surface area (Å²) < 4.78 is 52.8. The topological polar surface area (TPSA) is 58.3 Å². The minimum Gasteiger partial charge on any atom is -0.493 e. The minimum absolute atomic E-state index is 0.128. The van der Waals surface area contributed by atoms with Crippen LogP contribution in [0, 0.1) is 0 Å². The van der Waals surface area contributed by atoms with Crippen LogP contribution < -0.4 is 4.74 Å². The van der Waals surface area contributed by atoms with Crippen molar-refractivity contribution in [2.24, 2.45) is 7.05 Å². The van der Waals surface area contributed by atoms with Crippen molar-refractivity contribution in [2.75, 3.05) is 13.2 Å². The number of fused-ring (bicyclic) bond motifs is 1. The third-order valence-electron chi connectivity index (χ3n) is 5.46. The van der Waals surface area contributed by atoms with E-state index in [1.165, 1.54) is 12.1 Å². The molecule has 0 N–H and O–H groups in total. The Bertz CT molecular complexity index is 1290. The Balaban J connectivity index is 1.41. The molecule has 0 spiro atoms. The molecule has 0 saturated carbocycles. The highest BCUT2D eigenvalue weighted by molar-refractivity contribution is 5.83. The maximum absolute atomic E-state index is 12.8. The molecule has 9 heteroatoms. The first kappa shape index (κ1) is 23.4. The molecule has 0 fully saturated rings. The van der Waals surface area contributed by atoms with E-state index in [4.69, 9.17) is 9.47 Å². The maximum Gasteiger partial charge on any atom is 0.416 e. The zero-order chi connectivity index (χ0) is 24.3. The predicted molar refractivity (Wildman–Crippen MR) is 121 cm³/mol. The molecule has 0 bridgehead atoms. The summed E-state index contributed by atoms with van der Waals surface area (Å²) in [6.07, 6.45) is -1.97. The third kappa shape index (κ3) is 5.24. The van der Waals surface area contributed by atoms with Crippen LogP contribution in [0.1, 0.15) is 18.2 Å². The lowest BCUT2D eigenvalue weighted by atomic mass is 10.1. The van der Waals surface area contributed by atoms with Crippen LogP contribution in [-0.2, 0) is 35.7 Å². The average Bonchev–Trinajstić information content (AvgIpc) is 3.36. The van der Waals surface area contributed by atoms with Crippen molar-refractivity contribution in [1.82, 2.24) is 14.3 Å². The highest BCUT2D eigenvalue weighted by Crippen LogP contribution is 2.31. The fraction of sp³-hybridized carbons (Fsp3) is 0.280. The van der Waals surface area contributed by atoms with Crippen molar-refractivity contribution < 1.29 is 27.4 Å². The minimum atomic E-state index is -4.37. The standard InChI is InChI=1S/C25H24F3N3O3/c1-3-33-24(32)16-31-12-10-18-6-9-21(15-23(18)31)34-13-11-20-14-22(29-30(20)2)17-4-7-19(8-5-17)25(26,27)28/h4-10,12,14-15H,3,11,13,16H2,1-2H3. The molecule has 2 heterocycles. The number of esters is 1. The van der Waals surface area contributed by atoms with Crippen molar-refractivity contribution >= 4 is 16.9 Å². The molecular formula is C25H24F3N3O3. The van der Waals surface area contributed by atoms with E-state index < -0.39 is 11.7 Å². The summed E-state index contributed by atoms with van der Waals surface area (Å²) in [7, 11) is 1.79. The number of nitrogens with zero attached hydrogens (tertiary/aromatic N) is 3. The summed E-state index contributed by atoms with van der Waals surface area (Å²) >= 11 is 0. The number of hydrogen-bond donors (Lipinski definition) is 0. The van der Waals surface area contributed by atoms with Crippen molar-refractivity contribution in [2.45, 2.75) is 26.1 Å². The van der Waals surface area contributed by atoms with E-state index in [2.05, 4.69) is 5.10 Å². The molecule has 6 nitrogen and oxygen atoms in total. The smallest absolute Gasteiger partial charge is 0.416 e. The van der Waals surface area contributed by atoms with Gasteiger partial charge in [-0.05, 0) is 48.7 Å². The second kappa shape index (κ2) is 9.62. The fourth-order valence-corrected chi connectivity index (χ4v) is 3.72. The molecule has 2 aromatic heterocycles. The van der Waals surface area contributed by atoms with Gasteiger partial charge < -0.3 is 14.0 Å². The Kier molecular flexibility index (Phi) is 6.63. The molecule has 0 unspecified atom stereocenters. The zero-order valence-electron chi connectivity index (χ0n) is 18.8. The van der Waals surface area contributed by atoms with E-state index in [0.717, 1.165) is 28.7 Å². The van der Waals surface area contributed by atoms with E-state index in [0.29, 0.717) is 36.6 Å². The van der Waals surface area contributed by atoms with Gasteiger partial charge in [-0.15, -0.1) is 0 Å². The number of carbonyl (C=O) groups is 1. The summed E-state index contributed by atoms with van der Waals surface area (Å²) in [5.74, 6) is 0.368. The highest BCUT2D eigenvalue weighted by atomic mass is 19.4. The molecule has 4 aromatic rings. The SMILES string of the molecule is CCOC(=O)Cn1ccc2ccc(OCCc3cc(-c4ccc(C(F)(F)F)cc4)nn3C)cc21. The van der Waals surface area contributed by atoms with Gasteiger partial charge in [-0.3, -0.25) is 9.48 Å². The second-order valence-corrected chi connectivity index (χ2v) is 7.79. The van der Waals surface area contributed by atoms with Crippen LogP contribution in [0.3, 0.4) is 0 Å². The average molecular weight is 471 g/mol. The molecule has 0 amide bonds. The number of alkyl halides is 3. The van der Waals surface area contributed by atoms with Gasteiger partial charge in [-0.1, -0.05) is 12.1 Å². The van der Waals surface area contributed by atoms with Crippen molar-refractivity contribution in [3.05, 3.63) is 72.1 Å².